The zero-order valence-corrected chi connectivity index (χ0v) is 13.1. The summed E-state index contributed by atoms with van der Waals surface area (Å²) in [5, 5.41) is 0.251. The van der Waals surface area contributed by atoms with Crippen LogP contribution in [0.3, 0.4) is 0 Å². The molecule has 3 nitrogen and oxygen atoms in total. The zero-order chi connectivity index (χ0) is 14.0. The molecule has 0 bridgehead atoms. The van der Waals surface area contributed by atoms with Crippen LogP contribution in [0.1, 0.15) is 31.2 Å². The summed E-state index contributed by atoms with van der Waals surface area (Å²) in [4.78, 5) is 16.3. The largest absolute Gasteiger partial charge is 0.292 e. The van der Waals surface area contributed by atoms with E-state index in [2.05, 4.69) is 20.9 Å². The quantitative estimate of drug-likeness (QED) is 0.795. The zero-order valence-electron chi connectivity index (χ0n) is 10.7. The lowest BCUT2D eigenvalue weighted by Crippen LogP contribution is -2.25. The first-order chi connectivity index (χ1) is 8.97. The minimum atomic E-state index is -0.119. The second-order valence-electron chi connectivity index (χ2n) is 4.64. The average Bonchev–Trinajstić information content (AvgIpc) is 2.34. The van der Waals surface area contributed by atoms with Crippen LogP contribution < -0.4 is 5.56 Å². The molecule has 2 rings (SSSR count). The Bertz CT molecular complexity index is 635. The lowest BCUT2D eigenvalue weighted by molar-refractivity contribution is 0.624. The van der Waals surface area contributed by atoms with Gasteiger partial charge in [0.2, 0.25) is 0 Å². The SMILES string of the molecule is CC(C)c1nc(Cl)cc(=O)n1Cc1ccc(Br)cc1. The number of rotatable bonds is 3. The molecule has 0 atom stereocenters. The Labute approximate surface area is 125 Å². The molecule has 1 aromatic heterocycles. The normalized spacial score (nSPS) is 11.0. The van der Waals surface area contributed by atoms with E-state index in [1.807, 2.05) is 38.1 Å². The third kappa shape index (κ3) is 3.45. The Morgan fingerprint density at radius 1 is 1.32 bits per heavy atom. The molecule has 0 spiro atoms. The highest BCUT2D eigenvalue weighted by atomic mass is 79.9. The van der Waals surface area contributed by atoms with Crippen molar-refractivity contribution in [3.63, 3.8) is 0 Å². The van der Waals surface area contributed by atoms with E-state index in [-0.39, 0.29) is 16.6 Å². The van der Waals surface area contributed by atoms with Crippen molar-refractivity contribution in [2.75, 3.05) is 0 Å². The van der Waals surface area contributed by atoms with Crippen molar-refractivity contribution >= 4 is 27.5 Å². The van der Waals surface area contributed by atoms with Crippen LogP contribution in [0.5, 0.6) is 0 Å². The van der Waals surface area contributed by atoms with Gasteiger partial charge in [0.05, 0.1) is 6.54 Å². The van der Waals surface area contributed by atoms with Gasteiger partial charge >= 0.3 is 0 Å². The molecule has 2 aromatic rings. The molecule has 0 fully saturated rings. The molecule has 0 saturated carbocycles. The van der Waals surface area contributed by atoms with Gasteiger partial charge in [-0.05, 0) is 17.7 Å². The smallest absolute Gasteiger partial charge is 0.255 e. The summed E-state index contributed by atoms with van der Waals surface area (Å²) in [7, 11) is 0. The first kappa shape index (κ1) is 14.3. The summed E-state index contributed by atoms with van der Waals surface area (Å²) in [6.45, 7) is 4.50. The molecule has 0 amide bonds. The fourth-order valence-corrected chi connectivity index (χ4v) is 2.31. The van der Waals surface area contributed by atoms with Crippen LogP contribution in [0.4, 0.5) is 0 Å². The molecule has 0 radical (unpaired) electrons. The van der Waals surface area contributed by atoms with Gasteiger partial charge in [0.1, 0.15) is 11.0 Å². The lowest BCUT2D eigenvalue weighted by atomic mass is 10.1. The number of halogens is 2. The third-order valence-corrected chi connectivity index (χ3v) is 3.50. The Kier molecular flexibility index (Phi) is 4.42. The summed E-state index contributed by atoms with van der Waals surface area (Å²) >= 11 is 9.25. The number of hydrogen-bond acceptors (Lipinski definition) is 2. The van der Waals surface area contributed by atoms with Gasteiger partial charge in [-0.25, -0.2) is 4.98 Å². The average molecular weight is 342 g/mol. The van der Waals surface area contributed by atoms with Gasteiger partial charge < -0.3 is 0 Å². The summed E-state index contributed by atoms with van der Waals surface area (Å²) in [6.07, 6.45) is 0. The van der Waals surface area contributed by atoms with Crippen LogP contribution in [0.25, 0.3) is 0 Å². The van der Waals surface area contributed by atoms with E-state index in [4.69, 9.17) is 11.6 Å². The topological polar surface area (TPSA) is 34.9 Å². The van der Waals surface area contributed by atoms with Gasteiger partial charge in [0.25, 0.3) is 5.56 Å². The maximum atomic E-state index is 12.1. The van der Waals surface area contributed by atoms with Crippen LogP contribution in [0.15, 0.2) is 39.6 Å². The highest BCUT2D eigenvalue weighted by Gasteiger charge is 2.11. The minimum absolute atomic E-state index is 0.119. The molecule has 19 heavy (non-hydrogen) atoms. The monoisotopic (exact) mass is 340 g/mol. The minimum Gasteiger partial charge on any atom is -0.292 e. The van der Waals surface area contributed by atoms with Crippen molar-refractivity contribution in [1.29, 1.82) is 0 Å². The molecule has 0 aliphatic carbocycles. The molecule has 100 valence electrons. The van der Waals surface area contributed by atoms with E-state index in [9.17, 15) is 4.79 Å². The van der Waals surface area contributed by atoms with E-state index >= 15 is 0 Å². The Balaban J connectivity index is 2.44. The molecule has 0 saturated heterocycles. The molecule has 0 unspecified atom stereocenters. The van der Waals surface area contributed by atoms with Crippen LogP contribution >= 0.6 is 27.5 Å². The van der Waals surface area contributed by atoms with Crippen molar-refractivity contribution in [3.05, 3.63) is 61.7 Å². The fourth-order valence-electron chi connectivity index (χ4n) is 1.87. The molecular formula is C14H14BrClN2O. The van der Waals surface area contributed by atoms with Crippen LogP contribution in [0.2, 0.25) is 5.15 Å². The summed E-state index contributed by atoms with van der Waals surface area (Å²) in [5.41, 5.74) is 0.933. The molecule has 0 aliphatic heterocycles. The van der Waals surface area contributed by atoms with Crippen molar-refractivity contribution in [3.8, 4) is 0 Å². The van der Waals surface area contributed by atoms with Crippen molar-refractivity contribution in [2.24, 2.45) is 0 Å². The Hall–Kier alpha value is -1.13. The van der Waals surface area contributed by atoms with E-state index < -0.39 is 0 Å². The summed E-state index contributed by atoms with van der Waals surface area (Å²) in [6, 6.07) is 9.23. The second-order valence-corrected chi connectivity index (χ2v) is 5.95. The predicted molar refractivity (Wildman–Crippen MR) is 80.8 cm³/mol. The van der Waals surface area contributed by atoms with Crippen LogP contribution in [0, 0.1) is 0 Å². The second kappa shape index (κ2) is 5.88. The molecule has 0 aliphatic rings. The van der Waals surface area contributed by atoms with Gasteiger partial charge in [-0.3, -0.25) is 9.36 Å². The van der Waals surface area contributed by atoms with E-state index in [0.717, 1.165) is 10.0 Å². The van der Waals surface area contributed by atoms with Crippen molar-refractivity contribution in [2.45, 2.75) is 26.3 Å². The Morgan fingerprint density at radius 2 is 1.95 bits per heavy atom. The van der Waals surface area contributed by atoms with Gasteiger partial charge in [0, 0.05) is 16.5 Å². The number of nitrogens with zero attached hydrogens (tertiary/aromatic N) is 2. The molecular weight excluding hydrogens is 328 g/mol. The maximum absolute atomic E-state index is 12.1. The van der Waals surface area contributed by atoms with Gasteiger partial charge in [-0.2, -0.15) is 0 Å². The van der Waals surface area contributed by atoms with E-state index in [1.165, 1.54) is 6.07 Å². The van der Waals surface area contributed by atoms with Crippen molar-refractivity contribution < 1.29 is 0 Å². The molecule has 5 heteroatoms. The van der Waals surface area contributed by atoms with Crippen molar-refractivity contribution in [1.82, 2.24) is 9.55 Å². The predicted octanol–water partition coefficient (Wildman–Crippen LogP) is 3.83. The number of aromatic nitrogens is 2. The summed E-state index contributed by atoms with van der Waals surface area (Å²) in [5.74, 6) is 0.849. The lowest BCUT2D eigenvalue weighted by Gasteiger charge is -2.14. The maximum Gasteiger partial charge on any atom is 0.255 e. The van der Waals surface area contributed by atoms with E-state index in [1.54, 1.807) is 4.57 Å². The first-order valence-electron chi connectivity index (χ1n) is 5.99. The Morgan fingerprint density at radius 3 is 2.53 bits per heavy atom. The standard InChI is InChI=1S/C14H14BrClN2O/c1-9(2)14-17-12(16)7-13(19)18(14)8-10-3-5-11(15)6-4-10/h3-7,9H,8H2,1-2H3. The van der Waals surface area contributed by atoms with Gasteiger partial charge in [-0.1, -0.05) is 53.5 Å². The third-order valence-electron chi connectivity index (χ3n) is 2.78. The van der Waals surface area contributed by atoms with Gasteiger partial charge in [-0.15, -0.1) is 0 Å². The van der Waals surface area contributed by atoms with E-state index in [0.29, 0.717) is 12.4 Å². The first-order valence-corrected chi connectivity index (χ1v) is 7.16. The molecule has 0 N–H and O–H groups in total. The molecule has 1 aromatic carbocycles. The van der Waals surface area contributed by atoms with Crippen LogP contribution in [-0.4, -0.2) is 9.55 Å². The summed E-state index contributed by atoms with van der Waals surface area (Å²) < 4.78 is 2.68. The number of benzene rings is 1. The highest BCUT2D eigenvalue weighted by molar-refractivity contribution is 9.10. The fraction of sp³-hybridized carbons (Fsp3) is 0.286. The van der Waals surface area contributed by atoms with Gasteiger partial charge in [0.15, 0.2) is 0 Å². The highest BCUT2D eigenvalue weighted by Crippen LogP contribution is 2.16. The molecule has 1 heterocycles. The van der Waals surface area contributed by atoms with Crippen LogP contribution in [-0.2, 0) is 6.54 Å². The number of hydrogen-bond donors (Lipinski definition) is 0.